The van der Waals surface area contributed by atoms with Gasteiger partial charge in [-0.2, -0.15) is 4.31 Å². The number of sulfonamides is 1. The fourth-order valence-electron chi connectivity index (χ4n) is 3.60. The summed E-state index contributed by atoms with van der Waals surface area (Å²) in [7, 11) is -3.61. The number of hydrogen-bond acceptors (Lipinski definition) is 3. The molecular formula is C23H21ClN2O3S. The zero-order valence-electron chi connectivity index (χ0n) is 16.2. The minimum Gasteiger partial charge on any atom is -0.336 e. The maximum Gasteiger partial charge on any atom is 0.254 e. The van der Waals surface area contributed by atoms with Gasteiger partial charge in [0.15, 0.2) is 0 Å². The van der Waals surface area contributed by atoms with Gasteiger partial charge in [-0.1, -0.05) is 60.1 Å². The van der Waals surface area contributed by atoms with Crippen molar-refractivity contribution in [3.8, 4) is 11.1 Å². The molecule has 154 valence electrons. The number of nitrogens with zero attached hydrogens (tertiary/aromatic N) is 2. The third-order valence-electron chi connectivity index (χ3n) is 5.22. The average molecular weight is 441 g/mol. The Labute approximate surface area is 181 Å². The molecule has 1 heterocycles. The van der Waals surface area contributed by atoms with Crippen molar-refractivity contribution < 1.29 is 13.2 Å². The Balaban J connectivity index is 1.50. The minimum atomic E-state index is -3.61. The molecule has 0 bridgehead atoms. The Kier molecular flexibility index (Phi) is 5.90. The van der Waals surface area contributed by atoms with Crippen LogP contribution in [0.3, 0.4) is 0 Å². The Bertz CT molecular complexity index is 1140. The van der Waals surface area contributed by atoms with Crippen molar-refractivity contribution in [1.29, 1.82) is 0 Å². The van der Waals surface area contributed by atoms with Crippen LogP contribution < -0.4 is 0 Å². The van der Waals surface area contributed by atoms with Gasteiger partial charge in [-0.3, -0.25) is 4.79 Å². The summed E-state index contributed by atoms with van der Waals surface area (Å²) in [5.41, 5.74) is 2.47. The number of benzene rings is 3. The lowest BCUT2D eigenvalue weighted by Gasteiger charge is -2.34. The first-order valence-corrected chi connectivity index (χ1v) is 11.5. The van der Waals surface area contributed by atoms with Gasteiger partial charge < -0.3 is 4.90 Å². The fraction of sp³-hybridized carbons (Fsp3) is 0.174. The van der Waals surface area contributed by atoms with E-state index in [9.17, 15) is 13.2 Å². The maximum atomic E-state index is 13.2. The van der Waals surface area contributed by atoms with Crippen LogP contribution in [0, 0.1) is 0 Å². The van der Waals surface area contributed by atoms with Crippen molar-refractivity contribution in [2.45, 2.75) is 4.90 Å². The van der Waals surface area contributed by atoms with E-state index in [1.165, 1.54) is 16.4 Å². The molecule has 0 aliphatic carbocycles. The van der Waals surface area contributed by atoms with E-state index in [1.807, 2.05) is 54.6 Å². The molecule has 1 aliphatic heterocycles. The molecule has 3 aromatic carbocycles. The summed E-state index contributed by atoms with van der Waals surface area (Å²) in [5, 5.41) is 0.487. The molecule has 0 radical (unpaired) electrons. The van der Waals surface area contributed by atoms with E-state index in [4.69, 9.17) is 11.6 Å². The monoisotopic (exact) mass is 440 g/mol. The zero-order chi connectivity index (χ0) is 21.1. The predicted octanol–water partition coefficient (Wildman–Crippen LogP) is 4.15. The van der Waals surface area contributed by atoms with Crippen LogP contribution in [0.4, 0.5) is 0 Å². The first kappa shape index (κ1) is 20.6. The molecule has 0 spiro atoms. The lowest BCUT2D eigenvalue weighted by atomic mass is 9.99. The molecule has 4 rings (SSSR count). The van der Waals surface area contributed by atoms with E-state index >= 15 is 0 Å². The molecule has 1 saturated heterocycles. The zero-order valence-corrected chi connectivity index (χ0v) is 17.8. The number of carbonyl (C=O) groups is 1. The van der Waals surface area contributed by atoms with Crippen molar-refractivity contribution in [3.63, 3.8) is 0 Å². The lowest BCUT2D eigenvalue weighted by molar-refractivity contribution is 0.0698. The third kappa shape index (κ3) is 4.12. The molecule has 5 nitrogen and oxygen atoms in total. The SMILES string of the molecule is O=C(c1ccccc1-c1ccccc1)N1CCN(S(=O)(=O)c2ccc(Cl)cc2)CC1. The van der Waals surface area contributed by atoms with Crippen molar-refractivity contribution in [3.05, 3.63) is 89.4 Å². The van der Waals surface area contributed by atoms with E-state index in [-0.39, 0.29) is 23.9 Å². The average Bonchev–Trinajstić information content (AvgIpc) is 2.79. The highest BCUT2D eigenvalue weighted by Gasteiger charge is 2.31. The van der Waals surface area contributed by atoms with Crippen LogP contribution in [-0.4, -0.2) is 49.7 Å². The van der Waals surface area contributed by atoms with Crippen molar-refractivity contribution in [2.24, 2.45) is 0 Å². The molecule has 0 unspecified atom stereocenters. The number of piperazine rings is 1. The smallest absolute Gasteiger partial charge is 0.254 e. The summed E-state index contributed by atoms with van der Waals surface area (Å²) in [6.45, 7) is 1.19. The summed E-state index contributed by atoms with van der Waals surface area (Å²) >= 11 is 5.86. The van der Waals surface area contributed by atoms with Gasteiger partial charge in [0, 0.05) is 36.8 Å². The molecule has 0 atom stereocenters. The van der Waals surface area contributed by atoms with Crippen molar-refractivity contribution in [1.82, 2.24) is 9.21 Å². The normalized spacial score (nSPS) is 15.2. The Morgan fingerprint density at radius 2 is 1.37 bits per heavy atom. The number of amides is 1. The lowest BCUT2D eigenvalue weighted by Crippen LogP contribution is -2.50. The van der Waals surface area contributed by atoms with Crippen molar-refractivity contribution >= 4 is 27.5 Å². The molecule has 1 amide bonds. The summed E-state index contributed by atoms with van der Waals surface area (Å²) < 4.78 is 27.1. The van der Waals surface area contributed by atoms with Crippen LogP contribution in [0.25, 0.3) is 11.1 Å². The van der Waals surface area contributed by atoms with E-state index in [0.29, 0.717) is 23.7 Å². The largest absolute Gasteiger partial charge is 0.336 e. The first-order chi connectivity index (χ1) is 14.5. The van der Waals surface area contributed by atoms with Gasteiger partial charge in [0.2, 0.25) is 10.0 Å². The second-order valence-electron chi connectivity index (χ2n) is 7.06. The Morgan fingerprint density at radius 3 is 2.03 bits per heavy atom. The number of rotatable bonds is 4. The maximum absolute atomic E-state index is 13.2. The highest BCUT2D eigenvalue weighted by Crippen LogP contribution is 2.26. The molecule has 0 aromatic heterocycles. The molecular weight excluding hydrogens is 420 g/mol. The molecule has 30 heavy (non-hydrogen) atoms. The van der Waals surface area contributed by atoms with Crippen LogP contribution in [0.1, 0.15) is 10.4 Å². The topological polar surface area (TPSA) is 57.7 Å². The fourth-order valence-corrected chi connectivity index (χ4v) is 5.14. The number of carbonyl (C=O) groups excluding carboxylic acids is 1. The molecule has 1 aliphatic rings. The van der Waals surface area contributed by atoms with Gasteiger partial charge in [-0.25, -0.2) is 8.42 Å². The highest BCUT2D eigenvalue weighted by atomic mass is 35.5. The first-order valence-electron chi connectivity index (χ1n) is 9.66. The summed E-state index contributed by atoms with van der Waals surface area (Å²) in [6, 6.07) is 23.4. The summed E-state index contributed by atoms with van der Waals surface area (Å²) in [5.74, 6) is -0.0852. The second kappa shape index (κ2) is 8.60. The summed E-state index contributed by atoms with van der Waals surface area (Å²) in [4.78, 5) is 15.1. The van der Waals surface area contributed by atoms with E-state index in [2.05, 4.69) is 0 Å². The van der Waals surface area contributed by atoms with Gasteiger partial charge in [0.1, 0.15) is 0 Å². The van der Waals surface area contributed by atoms with Gasteiger partial charge in [0.05, 0.1) is 4.90 Å². The van der Waals surface area contributed by atoms with Crippen LogP contribution in [-0.2, 0) is 10.0 Å². The Hall–Kier alpha value is -2.67. The number of halogens is 1. The number of hydrogen-bond donors (Lipinski definition) is 0. The van der Waals surface area contributed by atoms with Gasteiger partial charge in [-0.05, 0) is 41.5 Å². The van der Waals surface area contributed by atoms with Crippen LogP contribution in [0.15, 0.2) is 83.8 Å². The quantitative estimate of drug-likeness (QED) is 0.612. The van der Waals surface area contributed by atoms with Gasteiger partial charge in [-0.15, -0.1) is 0 Å². The van der Waals surface area contributed by atoms with Crippen LogP contribution in [0.2, 0.25) is 5.02 Å². The predicted molar refractivity (Wildman–Crippen MR) is 118 cm³/mol. The summed E-state index contributed by atoms with van der Waals surface area (Å²) in [6.07, 6.45) is 0. The standard InChI is InChI=1S/C23H21ClN2O3S/c24-19-10-12-20(13-11-19)30(28,29)26-16-14-25(15-17-26)23(27)22-9-5-4-8-21(22)18-6-2-1-3-7-18/h1-13H,14-17H2. The minimum absolute atomic E-state index is 0.0852. The molecule has 1 fully saturated rings. The second-order valence-corrected chi connectivity index (χ2v) is 9.44. The molecule has 7 heteroatoms. The van der Waals surface area contributed by atoms with Crippen molar-refractivity contribution in [2.75, 3.05) is 26.2 Å². The van der Waals surface area contributed by atoms with Crippen LogP contribution in [0.5, 0.6) is 0 Å². The Morgan fingerprint density at radius 1 is 0.767 bits per heavy atom. The van der Waals surface area contributed by atoms with E-state index in [1.54, 1.807) is 17.0 Å². The van der Waals surface area contributed by atoms with Crippen LogP contribution >= 0.6 is 11.6 Å². The third-order valence-corrected chi connectivity index (χ3v) is 7.38. The van der Waals surface area contributed by atoms with Gasteiger partial charge in [0.25, 0.3) is 5.91 Å². The van der Waals surface area contributed by atoms with Gasteiger partial charge >= 0.3 is 0 Å². The highest BCUT2D eigenvalue weighted by molar-refractivity contribution is 7.89. The van der Waals surface area contributed by atoms with E-state index < -0.39 is 10.0 Å². The molecule has 0 N–H and O–H groups in total. The molecule has 0 saturated carbocycles. The molecule has 3 aromatic rings. The van der Waals surface area contributed by atoms with E-state index in [0.717, 1.165) is 11.1 Å².